The van der Waals surface area contributed by atoms with Crippen LogP contribution in [0.5, 0.6) is 0 Å². The number of benzene rings is 3. The molecule has 0 fully saturated rings. The predicted octanol–water partition coefficient (Wildman–Crippen LogP) is 5.67. The molecule has 2 heteroatoms. The highest BCUT2D eigenvalue weighted by atomic mass is 15.2. The Morgan fingerprint density at radius 2 is 1.33 bits per heavy atom. The molecule has 0 unspecified atom stereocenters. The van der Waals surface area contributed by atoms with E-state index in [1.807, 2.05) is 18.3 Å². The van der Waals surface area contributed by atoms with Gasteiger partial charge in [-0.25, -0.2) is 4.98 Å². The smallest absolute Gasteiger partial charge is 0.140 e. The van der Waals surface area contributed by atoms with Crippen molar-refractivity contribution in [3.05, 3.63) is 91.1 Å². The van der Waals surface area contributed by atoms with Crippen LogP contribution in [0.3, 0.4) is 0 Å². The van der Waals surface area contributed by atoms with Crippen LogP contribution in [0.2, 0.25) is 0 Å². The van der Waals surface area contributed by atoms with Crippen molar-refractivity contribution in [2.24, 2.45) is 0 Å². The molecule has 0 bridgehead atoms. The minimum absolute atomic E-state index is 0.973. The van der Waals surface area contributed by atoms with Crippen molar-refractivity contribution < 1.29 is 0 Å². The molecular formula is C22H18N2. The van der Waals surface area contributed by atoms with Crippen molar-refractivity contribution in [2.45, 2.75) is 0 Å². The first-order valence-electron chi connectivity index (χ1n) is 8.06. The first-order valence-corrected chi connectivity index (χ1v) is 8.06. The second-order valence-electron chi connectivity index (χ2n) is 5.83. The highest BCUT2D eigenvalue weighted by molar-refractivity contribution is 5.93. The summed E-state index contributed by atoms with van der Waals surface area (Å²) in [7, 11) is 2.06. The number of anilines is 2. The Labute approximate surface area is 142 Å². The number of hydrogen-bond donors (Lipinski definition) is 0. The first-order chi connectivity index (χ1) is 11.8. The van der Waals surface area contributed by atoms with Crippen LogP contribution in [0.15, 0.2) is 91.1 Å². The van der Waals surface area contributed by atoms with E-state index in [0.717, 1.165) is 16.9 Å². The topological polar surface area (TPSA) is 16.1 Å². The fraction of sp³-hybridized carbons (Fsp3) is 0.0455. The van der Waals surface area contributed by atoms with Gasteiger partial charge in [0.25, 0.3) is 0 Å². The van der Waals surface area contributed by atoms with Gasteiger partial charge in [-0.3, -0.25) is 0 Å². The summed E-state index contributed by atoms with van der Waals surface area (Å²) in [5.74, 6) is 0.973. The Morgan fingerprint density at radius 3 is 2.12 bits per heavy atom. The van der Waals surface area contributed by atoms with Crippen LogP contribution in [0, 0.1) is 0 Å². The summed E-state index contributed by atoms with van der Waals surface area (Å²) in [6, 6.07) is 29.4. The fourth-order valence-corrected chi connectivity index (χ4v) is 3.00. The zero-order valence-corrected chi connectivity index (χ0v) is 13.6. The molecule has 2 nitrogen and oxygen atoms in total. The van der Waals surface area contributed by atoms with Gasteiger partial charge < -0.3 is 4.90 Å². The van der Waals surface area contributed by atoms with Gasteiger partial charge in [0.15, 0.2) is 0 Å². The maximum atomic E-state index is 4.59. The van der Waals surface area contributed by atoms with Crippen LogP contribution in [-0.4, -0.2) is 12.0 Å². The molecule has 0 amide bonds. The Morgan fingerprint density at radius 1 is 0.667 bits per heavy atom. The largest absolute Gasteiger partial charge is 0.329 e. The van der Waals surface area contributed by atoms with Gasteiger partial charge in [-0.2, -0.15) is 0 Å². The maximum absolute atomic E-state index is 4.59. The predicted molar refractivity (Wildman–Crippen MR) is 102 cm³/mol. The van der Waals surface area contributed by atoms with Gasteiger partial charge in [0.2, 0.25) is 0 Å². The normalized spacial score (nSPS) is 10.7. The third-order valence-corrected chi connectivity index (χ3v) is 4.33. The third kappa shape index (κ3) is 2.63. The maximum Gasteiger partial charge on any atom is 0.140 e. The number of nitrogens with zero attached hydrogens (tertiary/aromatic N) is 2. The van der Waals surface area contributed by atoms with Crippen molar-refractivity contribution in [1.29, 1.82) is 0 Å². The molecule has 24 heavy (non-hydrogen) atoms. The molecular weight excluding hydrogens is 292 g/mol. The molecule has 1 aromatic heterocycles. The average Bonchev–Trinajstić information content (AvgIpc) is 2.68. The van der Waals surface area contributed by atoms with Crippen LogP contribution >= 0.6 is 0 Å². The number of fused-ring (bicyclic) bond motifs is 1. The van der Waals surface area contributed by atoms with Crippen LogP contribution in [0.25, 0.3) is 21.9 Å². The van der Waals surface area contributed by atoms with Crippen molar-refractivity contribution in [1.82, 2.24) is 4.98 Å². The summed E-state index contributed by atoms with van der Waals surface area (Å²) >= 11 is 0. The van der Waals surface area contributed by atoms with Crippen molar-refractivity contribution in [3.8, 4) is 11.1 Å². The van der Waals surface area contributed by atoms with E-state index in [9.17, 15) is 0 Å². The second kappa shape index (κ2) is 6.17. The highest BCUT2D eigenvalue weighted by Gasteiger charge is 2.09. The van der Waals surface area contributed by atoms with Crippen LogP contribution < -0.4 is 4.90 Å². The van der Waals surface area contributed by atoms with Crippen LogP contribution in [-0.2, 0) is 0 Å². The molecule has 0 radical (unpaired) electrons. The van der Waals surface area contributed by atoms with E-state index in [1.54, 1.807) is 0 Å². The van der Waals surface area contributed by atoms with Crippen molar-refractivity contribution >= 4 is 22.3 Å². The molecule has 0 saturated carbocycles. The second-order valence-corrected chi connectivity index (χ2v) is 5.83. The summed E-state index contributed by atoms with van der Waals surface area (Å²) in [6.45, 7) is 0. The SMILES string of the molecule is CN(c1ccc(-c2ccccc2)cc1)c1nccc2ccccc12. The fourth-order valence-electron chi connectivity index (χ4n) is 3.00. The van der Waals surface area contributed by atoms with Gasteiger partial charge >= 0.3 is 0 Å². The lowest BCUT2D eigenvalue weighted by molar-refractivity contribution is 1.14. The summed E-state index contributed by atoms with van der Waals surface area (Å²) in [4.78, 5) is 6.73. The Hall–Kier alpha value is -3.13. The molecule has 0 spiro atoms. The summed E-state index contributed by atoms with van der Waals surface area (Å²) < 4.78 is 0. The number of rotatable bonds is 3. The van der Waals surface area contributed by atoms with E-state index in [1.165, 1.54) is 16.5 Å². The van der Waals surface area contributed by atoms with Crippen LogP contribution in [0.1, 0.15) is 0 Å². The number of pyridine rings is 1. The summed E-state index contributed by atoms with van der Waals surface area (Å²) in [6.07, 6.45) is 1.87. The number of aromatic nitrogens is 1. The molecule has 0 aliphatic heterocycles. The van der Waals surface area contributed by atoms with E-state index in [-0.39, 0.29) is 0 Å². The quantitative estimate of drug-likeness (QED) is 0.484. The molecule has 1 heterocycles. The molecule has 4 rings (SSSR count). The van der Waals surface area contributed by atoms with E-state index in [4.69, 9.17) is 0 Å². The van der Waals surface area contributed by atoms with Crippen molar-refractivity contribution in [3.63, 3.8) is 0 Å². The monoisotopic (exact) mass is 310 g/mol. The lowest BCUT2D eigenvalue weighted by Gasteiger charge is -2.20. The van der Waals surface area contributed by atoms with Gasteiger partial charge in [-0.05, 0) is 34.7 Å². The first kappa shape index (κ1) is 14.5. The molecule has 4 aromatic rings. The lowest BCUT2D eigenvalue weighted by atomic mass is 10.1. The Bertz CT molecular complexity index is 955. The number of hydrogen-bond acceptors (Lipinski definition) is 2. The highest BCUT2D eigenvalue weighted by Crippen LogP contribution is 2.30. The third-order valence-electron chi connectivity index (χ3n) is 4.33. The van der Waals surface area contributed by atoms with E-state index < -0.39 is 0 Å². The molecule has 0 atom stereocenters. The standard InChI is InChI=1S/C22H18N2/c1-24(22-21-10-6-5-9-19(21)15-16-23-22)20-13-11-18(12-14-20)17-7-3-2-4-8-17/h2-16H,1H3. The molecule has 0 aliphatic rings. The van der Waals surface area contributed by atoms with Crippen molar-refractivity contribution in [2.75, 3.05) is 11.9 Å². The molecule has 3 aromatic carbocycles. The minimum Gasteiger partial charge on any atom is -0.329 e. The van der Waals surface area contributed by atoms with E-state index in [2.05, 4.69) is 89.7 Å². The molecule has 116 valence electrons. The van der Waals surface area contributed by atoms with Crippen LogP contribution in [0.4, 0.5) is 11.5 Å². The van der Waals surface area contributed by atoms with Gasteiger partial charge in [0, 0.05) is 24.3 Å². The van der Waals surface area contributed by atoms with E-state index in [0.29, 0.717) is 0 Å². The zero-order valence-electron chi connectivity index (χ0n) is 13.6. The molecule has 0 saturated heterocycles. The Kier molecular flexibility index (Phi) is 3.72. The summed E-state index contributed by atoms with van der Waals surface area (Å²) in [5.41, 5.74) is 3.58. The van der Waals surface area contributed by atoms with Gasteiger partial charge in [-0.1, -0.05) is 66.7 Å². The molecule has 0 N–H and O–H groups in total. The average molecular weight is 310 g/mol. The zero-order chi connectivity index (χ0) is 16.4. The van der Waals surface area contributed by atoms with Gasteiger partial charge in [-0.15, -0.1) is 0 Å². The Balaban J connectivity index is 1.70. The minimum atomic E-state index is 0.973. The molecule has 0 aliphatic carbocycles. The summed E-state index contributed by atoms with van der Waals surface area (Å²) in [5, 5.41) is 2.37. The van der Waals surface area contributed by atoms with Gasteiger partial charge in [0.05, 0.1) is 0 Å². The van der Waals surface area contributed by atoms with Gasteiger partial charge in [0.1, 0.15) is 5.82 Å². The van der Waals surface area contributed by atoms with E-state index >= 15 is 0 Å². The lowest BCUT2D eigenvalue weighted by Crippen LogP contribution is -2.11.